The molecule has 0 bridgehead atoms. The Labute approximate surface area is 136 Å². The molecule has 5 nitrogen and oxygen atoms in total. The molecule has 1 radical (unpaired) electrons. The topological polar surface area (TPSA) is 70.7 Å². The van der Waals surface area contributed by atoms with Crippen molar-refractivity contribution in [2.24, 2.45) is 0 Å². The van der Waals surface area contributed by atoms with Crippen LogP contribution in [-0.2, 0) is 0 Å². The zero-order chi connectivity index (χ0) is 16.4. The molecule has 117 valence electrons. The van der Waals surface area contributed by atoms with Crippen LogP contribution >= 0.6 is 11.3 Å². The molecule has 0 aliphatic rings. The summed E-state index contributed by atoms with van der Waals surface area (Å²) in [5.41, 5.74) is 2.39. The second kappa shape index (κ2) is 6.29. The van der Waals surface area contributed by atoms with E-state index in [-0.39, 0.29) is 17.8 Å². The Hall–Kier alpha value is -2.54. The van der Waals surface area contributed by atoms with E-state index in [0.717, 1.165) is 5.56 Å². The summed E-state index contributed by atoms with van der Waals surface area (Å²) in [5.74, 6) is -0.522. The van der Waals surface area contributed by atoms with Gasteiger partial charge in [0.15, 0.2) is 0 Å². The molecule has 1 amide bonds. The van der Waals surface area contributed by atoms with Crippen molar-refractivity contribution in [1.82, 2.24) is 20.5 Å². The van der Waals surface area contributed by atoms with Crippen LogP contribution in [0.3, 0.4) is 0 Å². The molecule has 0 aliphatic heterocycles. The van der Waals surface area contributed by atoms with Crippen molar-refractivity contribution in [3.8, 4) is 21.8 Å². The molecule has 2 heterocycles. The molecule has 1 aromatic carbocycles. The highest BCUT2D eigenvalue weighted by molar-refractivity contribution is 7.13. The van der Waals surface area contributed by atoms with Gasteiger partial charge in [-0.25, -0.2) is 9.37 Å². The zero-order valence-electron chi connectivity index (χ0n) is 12.6. The van der Waals surface area contributed by atoms with Gasteiger partial charge in [-0.05, 0) is 38.1 Å². The fourth-order valence-corrected chi connectivity index (χ4v) is 2.85. The highest BCUT2D eigenvalue weighted by atomic mass is 32.1. The van der Waals surface area contributed by atoms with Gasteiger partial charge >= 0.3 is 0 Å². The third-order valence-electron chi connectivity index (χ3n) is 3.07. The molecule has 0 unspecified atom stereocenters. The van der Waals surface area contributed by atoms with E-state index in [1.54, 1.807) is 17.5 Å². The summed E-state index contributed by atoms with van der Waals surface area (Å²) in [6.45, 7) is 3.78. The fraction of sp³-hybridized carbons (Fsp3) is 0.188. The van der Waals surface area contributed by atoms with E-state index < -0.39 is 0 Å². The van der Waals surface area contributed by atoms with Gasteiger partial charge in [-0.1, -0.05) is 0 Å². The lowest BCUT2D eigenvalue weighted by Crippen LogP contribution is -2.30. The van der Waals surface area contributed by atoms with Crippen molar-refractivity contribution in [2.45, 2.75) is 19.9 Å². The number of hydrogen-bond acceptors (Lipinski definition) is 4. The van der Waals surface area contributed by atoms with Gasteiger partial charge in [-0.15, -0.1) is 11.3 Å². The Morgan fingerprint density at radius 2 is 2.09 bits per heavy atom. The van der Waals surface area contributed by atoms with Crippen molar-refractivity contribution in [3.63, 3.8) is 0 Å². The van der Waals surface area contributed by atoms with Crippen LogP contribution in [0.5, 0.6) is 0 Å². The number of carbonyl (C=O) groups is 1. The molecule has 0 saturated carbocycles. The molecule has 23 heavy (non-hydrogen) atoms. The average Bonchev–Trinajstić information content (AvgIpc) is 3.16. The zero-order valence-corrected chi connectivity index (χ0v) is 13.4. The monoisotopic (exact) mass is 329 g/mol. The van der Waals surface area contributed by atoms with Gasteiger partial charge < -0.3 is 5.32 Å². The summed E-state index contributed by atoms with van der Waals surface area (Å²) in [5, 5.41) is 12.0. The first-order valence-electron chi connectivity index (χ1n) is 7.03. The molecular formula is C16H14FN4OS. The van der Waals surface area contributed by atoms with Gasteiger partial charge in [0.05, 0.1) is 11.8 Å². The summed E-state index contributed by atoms with van der Waals surface area (Å²) in [6.07, 6.45) is 2.91. The minimum absolute atomic E-state index is 0.0444. The number of aromatic nitrogens is 3. The van der Waals surface area contributed by atoms with Gasteiger partial charge in [0, 0.05) is 17.0 Å². The maximum Gasteiger partial charge on any atom is 0.270 e. The number of halogens is 1. The van der Waals surface area contributed by atoms with Crippen molar-refractivity contribution < 1.29 is 9.18 Å². The maximum absolute atomic E-state index is 13.1. The van der Waals surface area contributed by atoms with Crippen molar-refractivity contribution in [2.75, 3.05) is 0 Å². The van der Waals surface area contributed by atoms with Crippen LogP contribution in [0.15, 0.2) is 29.6 Å². The predicted octanol–water partition coefficient (Wildman–Crippen LogP) is 3.28. The largest absolute Gasteiger partial charge is 0.349 e. The van der Waals surface area contributed by atoms with Gasteiger partial charge in [0.2, 0.25) is 0 Å². The van der Waals surface area contributed by atoms with E-state index in [1.165, 1.54) is 23.5 Å². The van der Waals surface area contributed by atoms with Crippen LogP contribution in [0.4, 0.5) is 4.39 Å². The fourth-order valence-electron chi connectivity index (χ4n) is 2.06. The molecule has 3 aromatic rings. The molecule has 2 N–H and O–H groups in total. The van der Waals surface area contributed by atoms with E-state index in [2.05, 4.69) is 26.7 Å². The number of aromatic amines is 1. The SMILES string of the molecule is CC(C)NC(=O)c1csc(-c2[c][nH]nc2-c2ccc(F)cc2)n1. The Morgan fingerprint density at radius 3 is 2.78 bits per heavy atom. The second-order valence-electron chi connectivity index (χ2n) is 5.25. The summed E-state index contributed by atoms with van der Waals surface area (Å²) < 4.78 is 13.1. The minimum Gasteiger partial charge on any atom is -0.349 e. The molecule has 0 spiro atoms. The third-order valence-corrected chi connectivity index (χ3v) is 3.93. The van der Waals surface area contributed by atoms with Crippen LogP contribution in [0.1, 0.15) is 24.3 Å². The van der Waals surface area contributed by atoms with Crippen LogP contribution in [0.25, 0.3) is 21.8 Å². The molecule has 0 fully saturated rings. The summed E-state index contributed by atoms with van der Waals surface area (Å²) in [7, 11) is 0. The Balaban J connectivity index is 1.92. The van der Waals surface area contributed by atoms with Crippen molar-refractivity contribution in [1.29, 1.82) is 0 Å². The quantitative estimate of drug-likeness (QED) is 0.772. The van der Waals surface area contributed by atoms with E-state index in [9.17, 15) is 9.18 Å². The number of nitrogens with one attached hydrogen (secondary N) is 2. The van der Waals surface area contributed by atoms with Gasteiger partial charge in [0.1, 0.15) is 22.2 Å². The van der Waals surface area contributed by atoms with E-state index in [1.807, 2.05) is 13.8 Å². The van der Waals surface area contributed by atoms with E-state index in [0.29, 0.717) is 22.0 Å². The normalized spacial score (nSPS) is 11.0. The number of carbonyl (C=O) groups excluding carboxylic acids is 1. The molecule has 0 atom stereocenters. The molecule has 3 rings (SSSR count). The van der Waals surface area contributed by atoms with Crippen LogP contribution in [-0.4, -0.2) is 27.1 Å². The summed E-state index contributed by atoms with van der Waals surface area (Å²) in [6, 6.07) is 6.07. The number of benzene rings is 1. The van der Waals surface area contributed by atoms with Gasteiger partial charge in [-0.3, -0.25) is 9.89 Å². The Bertz CT molecular complexity index is 823. The highest BCUT2D eigenvalue weighted by Crippen LogP contribution is 2.31. The molecule has 7 heteroatoms. The molecule has 0 aliphatic carbocycles. The number of hydrogen-bond donors (Lipinski definition) is 2. The lowest BCUT2D eigenvalue weighted by molar-refractivity contribution is 0.0939. The standard InChI is InChI=1S/C16H14FN4OS/c1-9(2)19-15(22)13-8-23-16(20-13)12-7-18-21-14(12)10-3-5-11(17)6-4-10/h3-6,8-9H,1-2H3,(H,18,21)(H,19,22). The van der Waals surface area contributed by atoms with Crippen molar-refractivity contribution in [3.05, 3.63) is 47.4 Å². The van der Waals surface area contributed by atoms with Crippen LogP contribution in [0, 0.1) is 12.0 Å². The van der Waals surface area contributed by atoms with E-state index >= 15 is 0 Å². The summed E-state index contributed by atoms with van der Waals surface area (Å²) in [4.78, 5) is 16.3. The van der Waals surface area contributed by atoms with Crippen LogP contribution in [0.2, 0.25) is 0 Å². The summed E-state index contributed by atoms with van der Waals surface area (Å²) >= 11 is 1.34. The highest BCUT2D eigenvalue weighted by Gasteiger charge is 2.17. The minimum atomic E-state index is -0.309. The first-order valence-corrected chi connectivity index (χ1v) is 7.91. The van der Waals surface area contributed by atoms with Crippen LogP contribution < -0.4 is 5.32 Å². The first-order chi connectivity index (χ1) is 11.0. The predicted molar refractivity (Wildman–Crippen MR) is 86.5 cm³/mol. The smallest absolute Gasteiger partial charge is 0.270 e. The van der Waals surface area contributed by atoms with Crippen molar-refractivity contribution >= 4 is 17.2 Å². The first kappa shape index (κ1) is 15.4. The second-order valence-corrected chi connectivity index (χ2v) is 6.10. The van der Waals surface area contributed by atoms with Gasteiger partial charge in [-0.2, -0.15) is 5.10 Å². The number of H-pyrrole nitrogens is 1. The molecule has 0 saturated heterocycles. The number of rotatable bonds is 4. The lowest BCUT2D eigenvalue weighted by Gasteiger charge is -2.05. The molecule has 2 aromatic heterocycles. The number of thiazole rings is 1. The van der Waals surface area contributed by atoms with E-state index in [4.69, 9.17) is 0 Å². The Morgan fingerprint density at radius 1 is 1.35 bits per heavy atom. The average molecular weight is 329 g/mol. The van der Waals surface area contributed by atoms with Gasteiger partial charge in [0.25, 0.3) is 5.91 Å². The third kappa shape index (κ3) is 3.29. The maximum atomic E-state index is 13.1. The number of amides is 1. The number of nitrogens with zero attached hydrogens (tertiary/aromatic N) is 2. The molecular weight excluding hydrogens is 315 g/mol. The Kier molecular flexibility index (Phi) is 4.20. The lowest BCUT2D eigenvalue weighted by atomic mass is 10.1.